The Labute approximate surface area is 157 Å². The van der Waals surface area contributed by atoms with Crippen LogP contribution >= 0.6 is 23.4 Å². The molecular formula is C20H21ClN2OS. The molecule has 0 saturated heterocycles. The topological polar surface area (TPSA) is 33.6 Å². The van der Waals surface area contributed by atoms with Gasteiger partial charge < -0.3 is 10.1 Å². The van der Waals surface area contributed by atoms with Crippen LogP contribution in [0.1, 0.15) is 29.2 Å². The maximum Gasteiger partial charge on any atom is 0.157 e. The Morgan fingerprint density at radius 2 is 2.16 bits per heavy atom. The molecule has 1 N–H and O–H groups in total. The molecule has 2 aliphatic rings. The molecule has 0 fully saturated rings. The van der Waals surface area contributed by atoms with Crippen molar-refractivity contribution in [2.24, 2.45) is 4.99 Å². The number of rotatable bonds is 4. The summed E-state index contributed by atoms with van der Waals surface area (Å²) < 4.78 is 6.05. The van der Waals surface area contributed by atoms with Crippen LogP contribution in [0, 0.1) is 0 Å². The number of nitrogens with one attached hydrogen (secondary N) is 1. The van der Waals surface area contributed by atoms with E-state index < -0.39 is 0 Å². The molecule has 0 amide bonds. The molecule has 0 spiro atoms. The highest BCUT2D eigenvalue weighted by molar-refractivity contribution is 8.14. The average Bonchev–Trinajstić information content (AvgIpc) is 3.14. The number of ether oxygens (including phenoxy) is 1. The zero-order valence-corrected chi connectivity index (χ0v) is 15.6. The van der Waals surface area contributed by atoms with Crippen LogP contribution in [0.4, 0.5) is 0 Å². The van der Waals surface area contributed by atoms with Crippen molar-refractivity contribution in [3.63, 3.8) is 0 Å². The van der Waals surface area contributed by atoms with E-state index in [9.17, 15) is 0 Å². The average molecular weight is 373 g/mol. The van der Waals surface area contributed by atoms with E-state index in [1.807, 2.05) is 18.2 Å². The van der Waals surface area contributed by atoms with Crippen LogP contribution < -0.4 is 10.1 Å². The molecule has 5 heteroatoms. The maximum atomic E-state index is 6.19. The standard InChI is InChI=1S/C20H21ClN2OS/c21-16-7-1-4-14(12-16)13-18(23-20-22-9-11-25-20)17-8-2-5-15-6-3-10-24-19(15)17/h1-2,4-5,7-8,12,18H,3,6,9-11,13H2,(H,22,23). The van der Waals surface area contributed by atoms with Gasteiger partial charge in [0.15, 0.2) is 5.17 Å². The van der Waals surface area contributed by atoms with Crippen molar-refractivity contribution in [3.05, 3.63) is 64.2 Å². The lowest BCUT2D eigenvalue weighted by Crippen LogP contribution is -2.28. The smallest absolute Gasteiger partial charge is 0.157 e. The predicted molar refractivity (Wildman–Crippen MR) is 106 cm³/mol. The van der Waals surface area contributed by atoms with Gasteiger partial charge in [-0.2, -0.15) is 0 Å². The van der Waals surface area contributed by atoms with E-state index in [0.717, 1.165) is 54.1 Å². The second kappa shape index (κ2) is 7.71. The number of aryl methyl sites for hydroxylation is 1. The second-order valence-electron chi connectivity index (χ2n) is 6.35. The minimum atomic E-state index is 0.121. The predicted octanol–water partition coefficient (Wildman–Crippen LogP) is 4.64. The van der Waals surface area contributed by atoms with Crippen LogP contribution in [-0.2, 0) is 12.8 Å². The SMILES string of the molecule is Clc1cccc(CC(NC2=NCCS2)c2cccc3c2OCCC3)c1. The zero-order chi connectivity index (χ0) is 17.1. The Kier molecular flexibility index (Phi) is 5.18. The van der Waals surface area contributed by atoms with Gasteiger partial charge in [0.1, 0.15) is 5.75 Å². The molecule has 2 aromatic carbocycles. The number of aliphatic imine (C=N–C) groups is 1. The Morgan fingerprint density at radius 3 is 3.00 bits per heavy atom. The third-order valence-corrected chi connectivity index (χ3v) is 5.69. The summed E-state index contributed by atoms with van der Waals surface area (Å²) in [5.74, 6) is 2.10. The molecule has 1 unspecified atom stereocenters. The monoisotopic (exact) mass is 372 g/mol. The Balaban J connectivity index is 1.67. The van der Waals surface area contributed by atoms with E-state index in [1.54, 1.807) is 11.8 Å². The van der Waals surface area contributed by atoms with Crippen molar-refractivity contribution in [1.29, 1.82) is 0 Å². The third kappa shape index (κ3) is 3.96. The van der Waals surface area contributed by atoms with E-state index in [0.29, 0.717) is 0 Å². The molecular weight excluding hydrogens is 352 g/mol. The van der Waals surface area contributed by atoms with E-state index in [1.165, 1.54) is 16.7 Å². The fourth-order valence-corrected chi connectivity index (χ4v) is 4.40. The number of hydrogen-bond acceptors (Lipinski definition) is 4. The lowest BCUT2D eigenvalue weighted by Gasteiger charge is -2.26. The molecule has 0 aromatic heterocycles. The summed E-state index contributed by atoms with van der Waals surface area (Å²) in [6.07, 6.45) is 3.02. The van der Waals surface area contributed by atoms with Gasteiger partial charge in [-0.3, -0.25) is 4.99 Å². The number of para-hydroxylation sites is 1. The van der Waals surface area contributed by atoms with Crippen molar-refractivity contribution < 1.29 is 4.74 Å². The normalized spacial score (nSPS) is 17.4. The Hall–Kier alpha value is -1.65. The zero-order valence-electron chi connectivity index (χ0n) is 14.0. The van der Waals surface area contributed by atoms with Gasteiger partial charge in [0.25, 0.3) is 0 Å². The first-order chi connectivity index (χ1) is 12.3. The van der Waals surface area contributed by atoms with Gasteiger partial charge in [-0.1, -0.05) is 53.7 Å². The summed E-state index contributed by atoms with van der Waals surface area (Å²) >= 11 is 7.98. The highest BCUT2D eigenvalue weighted by atomic mass is 35.5. The van der Waals surface area contributed by atoms with Crippen molar-refractivity contribution >= 4 is 28.5 Å². The fraction of sp³-hybridized carbons (Fsp3) is 0.350. The largest absolute Gasteiger partial charge is 0.493 e. The van der Waals surface area contributed by atoms with E-state index in [2.05, 4.69) is 34.6 Å². The summed E-state index contributed by atoms with van der Waals surface area (Å²) in [4.78, 5) is 4.57. The van der Waals surface area contributed by atoms with Gasteiger partial charge in [-0.05, 0) is 42.5 Å². The number of thioether (sulfide) groups is 1. The second-order valence-corrected chi connectivity index (χ2v) is 7.87. The molecule has 2 aliphatic heterocycles. The minimum absolute atomic E-state index is 0.121. The van der Waals surface area contributed by atoms with Crippen LogP contribution in [0.15, 0.2) is 47.5 Å². The van der Waals surface area contributed by atoms with Crippen LogP contribution in [0.2, 0.25) is 5.02 Å². The van der Waals surface area contributed by atoms with E-state index in [4.69, 9.17) is 16.3 Å². The summed E-state index contributed by atoms with van der Waals surface area (Å²) in [7, 11) is 0. The summed E-state index contributed by atoms with van der Waals surface area (Å²) in [6.45, 7) is 1.68. The number of fused-ring (bicyclic) bond motifs is 1. The van der Waals surface area contributed by atoms with E-state index >= 15 is 0 Å². The Morgan fingerprint density at radius 1 is 1.24 bits per heavy atom. The molecule has 0 bridgehead atoms. The first-order valence-electron chi connectivity index (χ1n) is 8.72. The molecule has 2 heterocycles. The number of nitrogens with zero attached hydrogens (tertiary/aromatic N) is 1. The van der Waals surface area contributed by atoms with Crippen molar-refractivity contribution in [2.45, 2.75) is 25.3 Å². The molecule has 2 aromatic rings. The first kappa shape index (κ1) is 16.8. The quantitative estimate of drug-likeness (QED) is 0.848. The van der Waals surface area contributed by atoms with Crippen LogP contribution in [-0.4, -0.2) is 24.1 Å². The Bertz CT molecular complexity index is 793. The lowest BCUT2D eigenvalue weighted by molar-refractivity contribution is 0.282. The van der Waals surface area contributed by atoms with Crippen molar-refractivity contribution in [1.82, 2.24) is 5.32 Å². The molecule has 0 radical (unpaired) electrons. The van der Waals surface area contributed by atoms with Gasteiger partial charge in [0.05, 0.1) is 19.2 Å². The van der Waals surface area contributed by atoms with Crippen LogP contribution in [0.25, 0.3) is 0 Å². The first-order valence-corrected chi connectivity index (χ1v) is 10.1. The minimum Gasteiger partial charge on any atom is -0.493 e. The number of benzene rings is 2. The molecule has 0 aliphatic carbocycles. The molecule has 130 valence electrons. The lowest BCUT2D eigenvalue weighted by atomic mass is 9.94. The number of hydrogen-bond donors (Lipinski definition) is 1. The summed E-state index contributed by atoms with van der Waals surface area (Å²) in [6, 6.07) is 14.7. The summed E-state index contributed by atoms with van der Waals surface area (Å²) in [5, 5.41) is 5.44. The van der Waals surface area contributed by atoms with Crippen molar-refractivity contribution in [3.8, 4) is 5.75 Å². The highest BCUT2D eigenvalue weighted by Gasteiger charge is 2.23. The third-order valence-electron chi connectivity index (χ3n) is 4.55. The maximum absolute atomic E-state index is 6.19. The molecule has 25 heavy (non-hydrogen) atoms. The molecule has 4 rings (SSSR count). The molecule has 1 atom stereocenters. The molecule has 3 nitrogen and oxygen atoms in total. The van der Waals surface area contributed by atoms with Crippen LogP contribution in [0.3, 0.4) is 0 Å². The molecule has 0 saturated carbocycles. The van der Waals surface area contributed by atoms with Crippen LogP contribution in [0.5, 0.6) is 5.75 Å². The number of amidine groups is 1. The fourth-order valence-electron chi connectivity index (χ4n) is 3.40. The van der Waals surface area contributed by atoms with Gasteiger partial charge in [-0.15, -0.1) is 0 Å². The van der Waals surface area contributed by atoms with Gasteiger partial charge in [0, 0.05) is 16.3 Å². The van der Waals surface area contributed by atoms with Gasteiger partial charge in [0.2, 0.25) is 0 Å². The van der Waals surface area contributed by atoms with Crippen molar-refractivity contribution in [2.75, 3.05) is 18.9 Å². The van der Waals surface area contributed by atoms with E-state index in [-0.39, 0.29) is 6.04 Å². The van der Waals surface area contributed by atoms with Gasteiger partial charge >= 0.3 is 0 Å². The van der Waals surface area contributed by atoms with Gasteiger partial charge in [-0.25, -0.2) is 0 Å². The highest BCUT2D eigenvalue weighted by Crippen LogP contribution is 2.35. The summed E-state index contributed by atoms with van der Waals surface area (Å²) in [5.41, 5.74) is 3.73. The number of halogens is 1.